The Labute approximate surface area is 122 Å². The van der Waals surface area contributed by atoms with Gasteiger partial charge in [-0.25, -0.2) is 4.79 Å². The number of aryl methyl sites for hydroxylation is 1. The summed E-state index contributed by atoms with van der Waals surface area (Å²) in [6.07, 6.45) is 1.40. The number of nitrogens with zero attached hydrogens (tertiary/aromatic N) is 2. The van der Waals surface area contributed by atoms with Crippen LogP contribution in [0.5, 0.6) is 5.75 Å². The third kappa shape index (κ3) is 3.10. The fourth-order valence-electron chi connectivity index (χ4n) is 2.00. The van der Waals surface area contributed by atoms with Crippen molar-refractivity contribution < 1.29 is 19.1 Å². The van der Waals surface area contributed by atoms with Crippen molar-refractivity contribution in [1.29, 1.82) is 0 Å². The monoisotopic (exact) mass is 288 g/mol. The normalized spacial score (nSPS) is 14.8. The number of ether oxygens (including phenoxy) is 1. The van der Waals surface area contributed by atoms with E-state index >= 15 is 0 Å². The molecule has 0 unspecified atom stereocenters. The molecular weight excluding hydrogens is 272 g/mol. The molecule has 1 heterocycles. The van der Waals surface area contributed by atoms with Crippen molar-refractivity contribution in [2.24, 2.45) is 0 Å². The first kappa shape index (κ1) is 14.8. The van der Waals surface area contributed by atoms with Crippen LogP contribution in [0.1, 0.15) is 5.56 Å². The predicted octanol–water partition coefficient (Wildman–Crippen LogP) is 1.35. The quantitative estimate of drug-likeness (QED) is 0.450. The number of amides is 4. The van der Waals surface area contributed by atoms with Gasteiger partial charge in [-0.1, -0.05) is 18.2 Å². The van der Waals surface area contributed by atoms with Crippen LogP contribution in [-0.2, 0) is 9.59 Å². The zero-order chi connectivity index (χ0) is 15.4. The van der Waals surface area contributed by atoms with E-state index in [0.717, 1.165) is 15.4 Å². The van der Waals surface area contributed by atoms with Gasteiger partial charge in [0.1, 0.15) is 12.4 Å². The second-order valence-electron chi connectivity index (χ2n) is 4.61. The molecule has 0 aromatic heterocycles. The Morgan fingerprint density at radius 3 is 2.57 bits per heavy atom. The maximum absolute atomic E-state index is 11.9. The van der Waals surface area contributed by atoms with Crippen LogP contribution in [0.2, 0.25) is 0 Å². The smallest absolute Gasteiger partial charge is 0.334 e. The minimum absolute atomic E-state index is 0.0264. The fourth-order valence-corrected chi connectivity index (χ4v) is 2.00. The van der Waals surface area contributed by atoms with Gasteiger partial charge in [-0.2, -0.15) is 0 Å². The molecule has 0 N–H and O–H groups in total. The third-order valence-corrected chi connectivity index (χ3v) is 3.02. The van der Waals surface area contributed by atoms with Crippen molar-refractivity contribution >= 4 is 17.8 Å². The summed E-state index contributed by atoms with van der Waals surface area (Å²) in [4.78, 5) is 37.0. The topological polar surface area (TPSA) is 66.9 Å². The van der Waals surface area contributed by atoms with Crippen molar-refractivity contribution in [2.45, 2.75) is 6.92 Å². The highest BCUT2D eigenvalue weighted by Gasteiger charge is 2.43. The maximum atomic E-state index is 11.9. The van der Waals surface area contributed by atoms with E-state index < -0.39 is 17.8 Å². The molecule has 1 saturated heterocycles. The highest BCUT2D eigenvalue weighted by atomic mass is 16.5. The van der Waals surface area contributed by atoms with Crippen molar-refractivity contribution in [3.63, 3.8) is 0 Å². The van der Waals surface area contributed by atoms with Crippen molar-refractivity contribution in [2.75, 3.05) is 19.7 Å². The molecule has 1 fully saturated rings. The van der Waals surface area contributed by atoms with Crippen molar-refractivity contribution in [1.82, 2.24) is 9.80 Å². The lowest BCUT2D eigenvalue weighted by molar-refractivity contribution is -0.143. The van der Waals surface area contributed by atoms with Crippen LogP contribution in [0, 0.1) is 6.92 Å². The number of imide groups is 2. The summed E-state index contributed by atoms with van der Waals surface area (Å²) >= 11 is 0. The molecule has 6 heteroatoms. The van der Waals surface area contributed by atoms with E-state index in [1.54, 1.807) is 6.07 Å². The zero-order valence-corrected chi connectivity index (χ0v) is 11.7. The van der Waals surface area contributed by atoms with Gasteiger partial charge < -0.3 is 4.74 Å². The Balaban J connectivity index is 1.94. The number of benzene rings is 1. The summed E-state index contributed by atoms with van der Waals surface area (Å²) in [6.45, 7) is 5.58. The number of rotatable bonds is 6. The molecular formula is C15H16N2O4. The minimum Gasteiger partial charge on any atom is -0.492 e. The molecule has 0 radical (unpaired) electrons. The number of hydrogen-bond acceptors (Lipinski definition) is 4. The standard InChI is InChI=1S/C15H16N2O4/c1-3-7-16-13(18)14(19)17(15(16)20)8-9-21-12-6-4-5-11(2)10-12/h3-6,10H,1,7-9H2,2H3. The second-order valence-corrected chi connectivity index (χ2v) is 4.61. The van der Waals surface area contributed by atoms with E-state index in [2.05, 4.69) is 6.58 Å². The predicted molar refractivity (Wildman–Crippen MR) is 75.7 cm³/mol. The van der Waals surface area contributed by atoms with Gasteiger partial charge in [0.25, 0.3) is 0 Å². The van der Waals surface area contributed by atoms with Gasteiger partial charge in [0.15, 0.2) is 0 Å². The molecule has 21 heavy (non-hydrogen) atoms. The van der Waals surface area contributed by atoms with Crippen LogP contribution >= 0.6 is 0 Å². The first-order chi connectivity index (χ1) is 10.0. The molecule has 4 amide bonds. The molecule has 0 bridgehead atoms. The summed E-state index contributed by atoms with van der Waals surface area (Å²) in [5.74, 6) is -0.992. The fraction of sp³-hybridized carbons (Fsp3) is 0.267. The second kappa shape index (κ2) is 6.21. The van der Waals surface area contributed by atoms with Crippen LogP contribution in [0.15, 0.2) is 36.9 Å². The highest BCUT2D eigenvalue weighted by molar-refractivity contribution is 6.44. The first-order valence-electron chi connectivity index (χ1n) is 6.52. The Morgan fingerprint density at radius 1 is 1.19 bits per heavy atom. The van der Waals surface area contributed by atoms with Gasteiger partial charge in [-0.05, 0) is 24.6 Å². The van der Waals surface area contributed by atoms with Crippen molar-refractivity contribution in [3.05, 3.63) is 42.5 Å². The van der Waals surface area contributed by atoms with Gasteiger partial charge in [0, 0.05) is 6.54 Å². The maximum Gasteiger partial charge on any atom is 0.334 e. The zero-order valence-electron chi connectivity index (χ0n) is 11.7. The van der Waals surface area contributed by atoms with Crippen LogP contribution in [-0.4, -0.2) is 47.3 Å². The number of carbonyl (C=O) groups excluding carboxylic acids is 3. The van der Waals surface area contributed by atoms with Gasteiger partial charge in [0.05, 0.1) is 6.54 Å². The average molecular weight is 288 g/mol. The number of hydrogen-bond donors (Lipinski definition) is 0. The van der Waals surface area contributed by atoms with E-state index in [4.69, 9.17) is 4.74 Å². The Bertz CT molecular complexity index is 597. The Hall–Kier alpha value is -2.63. The van der Waals surface area contributed by atoms with E-state index in [9.17, 15) is 14.4 Å². The first-order valence-corrected chi connectivity index (χ1v) is 6.52. The highest BCUT2D eigenvalue weighted by Crippen LogP contribution is 2.14. The lowest BCUT2D eigenvalue weighted by atomic mass is 10.2. The molecule has 0 spiro atoms. The third-order valence-electron chi connectivity index (χ3n) is 3.02. The van der Waals surface area contributed by atoms with Gasteiger partial charge in [-0.3, -0.25) is 19.4 Å². The van der Waals surface area contributed by atoms with E-state index in [1.807, 2.05) is 25.1 Å². The SMILES string of the molecule is C=CCN1C(=O)C(=O)N(CCOc2cccc(C)c2)C1=O. The molecule has 110 valence electrons. The average Bonchev–Trinajstić information content (AvgIpc) is 2.65. The lowest BCUT2D eigenvalue weighted by Gasteiger charge is -2.14. The van der Waals surface area contributed by atoms with Crippen LogP contribution in [0.25, 0.3) is 0 Å². The minimum atomic E-state index is -0.824. The van der Waals surface area contributed by atoms with E-state index in [1.165, 1.54) is 6.08 Å². The van der Waals surface area contributed by atoms with E-state index in [0.29, 0.717) is 5.75 Å². The molecule has 1 aliphatic rings. The van der Waals surface area contributed by atoms with Crippen LogP contribution < -0.4 is 4.74 Å². The van der Waals surface area contributed by atoms with Gasteiger partial charge in [-0.15, -0.1) is 6.58 Å². The molecule has 0 aliphatic carbocycles. The van der Waals surface area contributed by atoms with E-state index in [-0.39, 0.29) is 19.7 Å². The molecule has 1 aliphatic heterocycles. The molecule has 0 atom stereocenters. The molecule has 1 aromatic carbocycles. The Morgan fingerprint density at radius 2 is 1.90 bits per heavy atom. The summed E-state index contributed by atoms with van der Waals surface area (Å²) in [5, 5.41) is 0. The van der Waals surface area contributed by atoms with Crippen molar-refractivity contribution in [3.8, 4) is 5.75 Å². The number of carbonyl (C=O) groups is 3. The lowest BCUT2D eigenvalue weighted by Crippen LogP contribution is -2.36. The Kier molecular flexibility index (Phi) is 4.37. The van der Waals surface area contributed by atoms with Crippen LogP contribution in [0.3, 0.4) is 0 Å². The van der Waals surface area contributed by atoms with Crippen LogP contribution in [0.4, 0.5) is 4.79 Å². The van der Waals surface area contributed by atoms with Gasteiger partial charge >= 0.3 is 17.8 Å². The summed E-state index contributed by atoms with van der Waals surface area (Å²) in [7, 11) is 0. The summed E-state index contributed by atoms with van der Waals surface area (Å²) in [5.41, 5.74) is 1.05. The molecule has 1 aromatic rings. The summed E-state index contributed by atoms with van der Waals surface area (Å²) in [6, 6.07) is 6.80. The molecule has 2 rings (SSSR count). The summed E-state index contributed by atoms with van der Waals surface area (Å²) < 4.78 is 5.48. The molecule has 6 nitrogen and oxygen atoms in total. The molecule has 0 saturated carbocycles. The number of urea groups is 1. The largest absolute Gasteiger partial charge is 0.492 e. The van der Waals surface area contributed by atoms with Gasteiger partial charge in [0.2, 0.25) is 0 Å².